The topological polar surface area (TPSA) is 92.5 Å². The number of rotatable bonds is 5. The van der Waals surface area contributed by atoms with Crippen LogP contribution in [0.1, 0.15) is 65.5 Å². The second-order valence-electron chi connectivity index (χ2n) is 9.18. The lowest BCUT2D eigenvalue weighted by atomic mass is 9.87. The minimum atomic E-state index is -0.288. The highest BCUT2D eigenvalue weighted by Gasteiger charge is 2.26. The largest absolute Gasteiger partial charge is 0.369 e. The van der Waals surface area contributed by atoms with Crippen molar-refractivity contribution in [3.05, 3.63) is 70.8 Å². The van der Waals surface area contributed by atoms with E-state index in [1.165, 1.54) is 5.56 Å². The van der Waals surface area contributed by atoms with E-state index >= 15 is 0 Å². The molecule has 0 radical (unpaired) electrons. The van der Waals surface area contributed by atoms with E-state index in [4.69, 9.17) is 5.73 Å². The molecule has 1 aliphatic heterocycles. The molecule has 6 heteroatoms. The van der Waals surface area contributed by atoms with Crippen molar-refractivity contribution in [2.75, 3.05) is 13.1 Å². The van der Waals surface area contributed by atoms with Crippen molar-refractivity contribution in [1.29, 1.82) is 0 Å². The van der Waals surface area contributed by atoms with Crippen LogP contribution in [0.4, 0.5) is 0 Å². The van der Waals surface area contributed by atoms with E-state index in [1.54, 1.807) is 17.0 Å². The summed E-state index contributed by atoms with van der Waals surface area (Å²) in [5.41, 5.74) is 8.73. The van der Waals surface area contributed by atoms with Gasteiger partial charge in [-0.2, -0.15) is 0 Å². The Morgan fingerprint density at radius 3 is 2.00 bits per heavy atom. The van der Waals surface area contributed by atoms with Gasteiger partial charge in [0.1, 0.15) is 0 Å². The van der Waals surface area contributed by atoms with Gasteiger partial charge in [0, 0.05) is 36.7 Å². The monoisotopic (exact) mass is 421 g/mol. The molecule has 3 rings (SSSR count). The Balaban J connectivity index is 1.53. The maximum Gasteiger partial charge on any atom is 0.253 e. The number of hydrogen-bond donors (Lipinski definition) is 2. The Hall–Kier alpha value is -3.15. The number of nitrogens with zero attached hydrogens (tertiary/aromatic N) is 1. The quantitative estimate of drug-likeness (QED) is 0.776. The molecule has 3 N–H and O–H groups in total. The minimum Gasteiger partial charge on any atom is -0.369 e. The molecule has 0 bridgehead atoms. The van der Waals surface area contributed by atoms with Gasteiger partial charge in [0.25, 0.3) is 11.8 Å². The molecular weight excluding hydrogens is 390 g/mol. The van der Waals surface area contributed by atoms with Gasteiger partial charge in [-0.05, 0) is 53.6 Å². The van der Waals surface area contributed by atoms with E-state index in [-0.39, 0.29) is 29.1 Å². The first-order valence-electron chi connectivity index (χ1n) is 10.7. The van der Waals surface area contributed by atoms with Gasteiger partial charge in [-0.15, -0.1) is 0 Å². The summed E-state index contributed by atoms with van der Waals surface area (Å²) in [5.74, 6) is -0.598. The van der Waals surface area contributed by atoms with Crippen LogP contribution in [0.5, 0.6) is 0 Å². The highest BCUT2D eigenvalue weighted by Crippen LogP contribution is 2.22. The first-order chi connectivity index (χ1) is 14.6. The average molecular weight is 422 g/mol. The number of likely N-dealkylation sites (tertiary alicyclic amines) is 1. The zero-order valence-corrected chi connectivity index (χ0v) is 18.5. The number of nitrogens with one attached hydrogen (secondary N) is 1. The third-order valence-electron chi connectivity index (χ3n) is 5.85. The van der Waals surface area contributed by atoms with E-state index in [0.29, 0.717) is 43.6 Å². The lowest BCUT2D eigenvalue weighted by Crippen LogP contribution is -2.41. The maximum absolute atomic E-state index is 12.7. The Labute approximate surface area is 183 Å². The van der Waals surface area contributed by atoms with Crippen LogP contribution in [0.25, 0.3) is 0 Å². The van der Waals surface area contributed by atoms with Crippen molar-refractivity contribution >= 4 is 17.7 Å². The predicted molar refractivity (Wildman–Crippen MR) is 121 cm³/mol. The summed E-state index contributed by atoms with van der Waals surface area (Å²) in [6.07, 6.45) is 1.23. The molecule has 6 nitrogen and oxygen atoms in total. The fraction of sp³-hybridized carbons (Fsp3) is 0.400. The molecule has 0 saturated carbocycles. The van der Waals surface area contributed by atoms with Gasteiger partial charge in [0.05, 0.1) is 0 Å². The summed E-state index contributed by atoms with van der Waals surface area (Å²) in [7, 11) is 0. The number of benzene rings is 2. The molecule has 0 unspecified atom stereocenters. The van der Waals surface area contributed by atoms with Crippen LogP contribution >= 0.6 is 0 Å². The molecular formula is C25H31N3O3. The van der Waals surface area contributed by atoms with Gasteiger partial charge < -0.3 is 16.0 Å². The van der Waals surface area contributed by atoms with Crippen molar-refractivity contribution in [3.63, 3.8) is 0 Å². The van der Waals surface area contributed by atoms with Crippen molar-refractivity contribution in [1.82, 2.24) is 10.2 Å². The molecule has 0 aromatic heterocycles. The van der Waals surface area contributed by atoms with Crippen LogP contribution in [0, 0.1) is 5.92 Å². The van der Waals surface area contributed by atoms with Crippen molar-refractivity contribution in [2.45, 2.75) is 45.6 Å². The number of hydrogen-bond acceptors (Lipinski definition) is 3. The summed E-state index contributed by atoms with van der Waals surface area (Å²) in [4.78, 5) is 38.1. The Morgan fingerprint density at radius 1 is 0.935 bits per heavy atom. The summed E-state index contributed by atoms with van der Waals surface area (Å²) in [6.45, 7) is 7.88. The summed E-state index contributed by atoms with van der Waals surface area (Å²) < 4.78 is 0. The maximum atomic E-state index is 12.7. The van der Waals surface area contributed by atoms with Gasteiger partial charge in [0.2, 0.25) is 5.91 Å². The second-order valence-corrected chi connectivity index (χ2v) is 9.18. The van der Waals surface area contributed by atoms with Crippen molar-refractivity contribution in [2.24, 2.45) is 11.7 Å². The number of carbonyl (C=O) groups is 3. The van der Waals surface area contributed by atoms with Crippen LogP contribution in [-0.4, -0.2) is 35.7 Å². The summed E-state index contributed by atoms with van der Waals surface area (Å²) in [5, 5.41) is 2.92. The fourth-order valence-corrected chi connectivity index (χ4v) is 3.72. The average Bonchev–Trinajstić information content (AvgIpc) is 2.77. The highest BCUT2D eigenvalue weighted by molar-refractivity contribution is 5.95. The third-order valence-corrected chi connectivity index (χ3v) is 5.85. The van der Waals surface area contributed by atoms with E-state index in [0.717, 1.165) is 5.56 Å². The zero-order valence-electron chi connectivity index (χ0n) is 18.5. The molecule has 3 amide bonds. The van der Waals surface area contributed by atoms with E-state index < -0.39 is 0 Å². The molecule has 1 fully saturated rings. The van der Waals surface area contributed by atoms with Crippen LogP contribution in [-0.2, 0) is 16.8 Å². The van der Waals surface area contributed by atoms with Crippen molar-refractivity contribution < 1.29 is 14.4 Å². The molecule has 2 aromatic carbocycles. The number of carbonyl (C=O) groups excluding carboxylic acids is 3. The van der Waals surface area contributed by atoms with E-state index in [9.17, 15) is 14.4 Å². The van der Waals surface area contributed by atoms with Crippen molar-refractivity contribution in [3.8, 4) is 0 Å². The van der Waals surface area contributed by atoms with Crippen LogP contribution in [0.2, 0.25) is 0 Å². The first-order valence-corrected chi connectivity index (χ1v) is 10.7. The van der Waals surface area contributed by atoms with Crippen LogP contribution in [0.15, 0.2) is 48.5 Å². The van der Waals surface area contributed by atoms with Gasteiger partial charge in [0.15, 0.2) is 0 Å². The molecule has 164 valence electrons. The molecule has 0 spiro atoms. The normalized spacial score (nSPS) is 14.9. The third kappa shape index (κ3) is 5.72. The SMILES string of the molecule is CC(C)(C)c1ccc(C(=O)NCc2ccc(C(=O)N3CCC(C(N)=O)CC3)cc2)cc1. The van der Waals surface area contributed by atoms with Gasteiger partial charge in [-0.25, -0.2) is 0 Å². The highest BCUT2D eigenvalue weighted by atomic mass is 16.2. The summed E-state index contributed by atoms with van der Waals surface area (Å²) in [6, 6.07) is 14.9. The zero-order chi connectivity index (χ0) is 22.6. The first kappa shape index (κ1) is 22.5. The number of piperidine rings is 1. The second kappa shape index (κ2) is 9.33. The summed E-state index contributed by atoms with van der Waals surface area (Å²) >= 11 is 0. The number of primary amides is 1. The lowest BCUT2D eigenvalue weighted by molar-refractivity contribution is -0.123. The van der Waals surface area contributed by atoms with E-state index in [2.05, 4.69) is 26.1 Å². The Bertz CT molecular complexity index is 935. The predicted octanol–water partition coefficient (Wildman–Crippen LogP) is 3.25. The molecule has 0 atom stereocenters. The molecule has 0 aliphatic carbocycles. The number of nitrogens with two attached hydrogens (primary N) is 1. The van der Waals surface area contributed by atoms with E-state index in [1.807, 2.05) is 36.4 Å². The standard InChI is InChI=1S/C25H31N3O3/c1-25(2,3)21-10-8-19(9-11-21)23(30)27-16-17-4-6-20(7-5-17)24(31)28-14-12-18(13-15-28)22(26)29/h4-11,18H,12-16H2,1-3H3,(H2,26,29)(H,27,30). The van der Waals surface area contributed by atoms with Gasteiger partial charge in [-0.3, -0.25) is 14.4 Å². The molecule has 1 heterocycles. The molecule has 2 aromatic rings. The Morgan fingerprint density at radius 2 is 1.48 bits per heavy atom. The smallest absolute Gasteiger partial charge is 0.253 e. The fourth-order valence-electron chi connectivity index (χ4n) is 3.72. The van der Waals surface area contributed by atoms with Crippen LogP contribution < -0.4 is 11.1 Å². The molecule has 1 aliphatic rings. The lowest BCUT2D eigenvalue weighted by Gasteiger charge is -2.30. The molecule has 1 saturated heterocycles. The Kier molecular flexibility index (Phi) is 6.78. The van der Waals surface area contributed by atoms with Crippen LogP contribution in [0.3, 0.4) is 0 Å². The number of amides is 3. The molecule has 31 heavy (non-hydrogen) atoms. The van der Waals surface area contributed by atoms with Gasteiger partial charge in [-0.1, -0.05) is 45.0 Å². The minimum absolute atomic E-state index is 0.0440. The van der Waals surface area contributed by atoms with Gasteiger partial charge >= 0.3 is 0 Å².